The molecule has 0 aliphatic carbocycles. The van der Waals surface area contributed by atoms with Gasteiger partial charge in [-0.1, -0.05) is 0 Å². The lowest BCUT2D eigenvalue weighted by Gasteiger charge is -2.10. The van der Waals surface area contributed by atoms with Gasteiger partial charge in [-0.3, -0.25) is 25.8 Å². The second kappa shape index (κ2) is 9.56. The molecular formula is C9H11Br2MgO3. The van der Waals surface area contributed by atoms with Gasteiger partial charge in [-0.2, -0.15) is 0 Å². The van der Waals surface area contributed by atoms with Crippen LogP contribution in [-0.2, 0) is 0 Å². The Morgan fingerprint density at radius 2 is 1.40 bits per heavy atom. The first kappa shape index (κ1) is 15.3. The Balaban J connectivity index is 0.000000583. The predicted octanol–water partition coefficient (Wildman–Crippen LogP) is 2.82. The fourth-order valence-electron chi connectivity index (χ4n) is 0.950. The van der Waals surface area contributed by atoms with Crippen LogP contribution in [-0.4, -0.2) is 37.3 Å². The van der Waals surface area contributed by atoms with Crippen LogP contribution in [0, 0.1) is 6.07 Å². The molecule has 1 aromatic rings. The average Bonchev–Trinajstić information content (AvgIpc) is 2.28. The van der Waals surface area contributed by atoms with E-state index in [0.29, 0.717) is 17.2 Å². The van der Waals surface area contributed by atoms with E-state index in [-0.39, 0.29) is 16.0 Å². The highest BCUT2D eigenvalue weighted by atomic mass is 79.9. The van der Waals surface area contributed by atoms with Crippen molar-refractivity contribution < 1.29 is 14.2 Å². The molecule has 81 valence electrons. The topological polar surface area (TPSA) is 27.7 Å². The molecule has 0 N–H and O–H groups in total. The third-order valence-electron chi connectivity index (χ3n) is 1.52. The maximum Gasteiger partial charge on any atom is 0.560 e. The Kier molecular flexibility index (Phi) is 9.78. The summed E-state index contributed by atoms with van der Waals surface area (Å²) in [6, 6.07) is 6.27. The van der Waals surface area contributed by atoms with Gasteiger partial charge in [-0.25, -0.2) is 0 Å². The summed E-state index contributed by atoms with van der Waals surface area (Å²) in [5.74, 6) is 1.84. The minimum atomic E-state index is 0.0417. The normalized spacial score (nSPS) is 8.07. The van der Waals surface area contributed by atoms with E-state index in [1.165, 1.54) is 0 Å². The smallest absolute Gasteiger partial charge is 0.493 e. The molecular weight excluding hydrogens is 340 g/mol. The monoisotopic (exact) mass is 349 g/mol. The molecule has 0 aromatic heterocycles. The van der Waals surface area contributed by atoms with E-state index in [2.05, 4.69) is 31.8 Å². The standard InChI is InChI=1S/C9H11O3.2BrH.Mg/c1-10-7-5-4-6-8(11-2)9(7)12-3;;;/h5-6H,1-3H3;2*1H;/q;;;+2/p-2. The van der Waals surface area contributed by atoms with Crippen molar-refractivity contribution in [2.75, 3.05) is 21.3 Å². The third kappa shape index (κ3) is 5.28. The minimum Gasteiger partial charge on any atom is -0.493 e. The molecule has 0 saturated carbocycles. The molecule has 6 heteroatoms. The van der Waals surface area contributed by atoms with E-state index in [0.717, 1.165) is 0 Å². The van der Waals surface area contributed by atoms with Crippen LogP contribution in [0.1, 0.15) is 0 Å². The zero-order valence-corrected chi connectivity index (χ0v) is 13.4. The summed E-state index contributed by atoms with van der Waals surface area (Å²) in [4.78, 5) is 0. The van der Waals surface area contributed by atoms with Crippen LogP contribution in [0.5, 0.6) is 17.2 Å². The lowest BCUT2D eigenvalue weighted by atomic mass is 10.3. The first-order valence-corrected chi connectivity index (χ1v) is 11.8. The molecule has 0 atom stereocenters. The number of rotatable bonds is 3. The van der Waals surface area contributed by atoms with Gasteiger partial charge >= 0.3 is 16.0 Å². The fourth-order valence-corrected chi connectivity index (χ4v) is 0.950. The van der Waals surface area contributed by atoms with Crippen LogP contribution in [0.2, 0.25) is 0 Å². The molecule has 0 aliphatic rings. The molecule has 0 fully saturated rings. The summed E-state index contributed by atoms with van der Waals surface area (Å²) < 4.78 is 15.2. The number of ether oxygens (including phenoxy) is 3. The molecule has 0 aliphatic heterocycles. The summed E-state index contributed by atoms with van der Waals surface area (Å²) in [7, 11) is 4.72. The molecule has 3 nitrogen and oxygen atoms in total. The molecule has 0 spiro atoms. The van der Waals surface area contributed by atoms with Crippen molar-refractivity contribution in [1.29, 1.82) is 0 Å². The summed E-state index contributed by atoms with van der Waals surface area (Å²) in [6.45, 7) is 0. The van der Waals surface area contributed by atoms with Gasteiger partial charge in [-0.15, -0.1) is 0 Å². The van der Waals surface area contributed by atoms with Gasteiger partial charge in [0.05, 0.1) is 21.3 Å². The molecule has 1 rings (SSSR count). The maximum absolute atomic E-state index is 5.09. The van der Waals surface area contributed by atoms with E-state index in [9.17, 15) is 0 Å². The predicted molar refractivity (Wildman–Crippen MR) is 68.5 cm³/mol. The van der Waals surface area contributed by atoms with Gasteiger partial charge in [0.15, 0.2) is 11.5 Å². The van der Waals surface area contributed by atoms with Crippen LogP contribution in [0.25, 0.3) is 0 Å². The summed E-state index contributed by atoms with van der Waals surface area (Å²) in [5, 5.41) is 0. The largest absolute Gasteiger partial charge is 0.560 e. The Morgan fingerprint density at radius 1 is 1.00 bits per heavy atom. The molecule has 0 heterocycles. The molecule has 0 unspecified atom stereocenters. The maximum atomic E-state index is 5.09. The number of hydrogen-bond acceptors (Lipinski definition) is 3. The summed E-state index contributed by atoms with van der Waals surface area (Å²) in [6.07, 6.45) is 0. The highest BCUT2D eigenvalue weighted by Crippen LogP contribution is 2.35. The number of methoxy groups -OCH3 is 3. The van der Waals surface area contributed by atoms with Crippen LogP contribution in [0.3, 0.4) is 0 Å². The lowest BCUT2D eigenvalue weighted by molar-refractivity contribution is 0.324. The van der Waals surface area contributed by atoms with Crippen molar-refractivity contribution in [3.8, 4) is 17.2 Å². The van der Waals surface area contributed by atoms with Crippen molar-refractivity contribution in [3.05, 3.63) is 18.2 Å². The second-order valence-corrected chi connectivity index (χ2v) is 10.3. The van der Waals surface area contributed by atoms with Crippen LogP contribution in [0.4, 0.5) is 0 Å². The number of benzene rings is 1. The Morgan fingerprint density at radius 3 is 1.67 bits per heavy atom. The highest BCUT2D eigenvalue weighted by molar-refractivity contribution is 9.47. The van der Waals surface area contributed by atoms with Gasteiger partial charge < -0.3 is 14.2 Å². The SMILES string of the molecule is COc1c[c]cc(OC)c1OC.[Br][Mg][Br]. The summed E-state index contributed by atoms with van der Waals surface area (Å²) in [5.41, 5.74) is 0. The molecule has 1 aromatic carbocycles. The minimum absolute atomic E-state index is 0.0417. The zero-order valence-electron chi connectivity index (χ0n) is 8.84. The summed E-state index contributed by atoms with van der Waals surface area (Å²) >= 11 is 6.44. The molecule has 1 radical (unpaired) electrons. The van der Waals surface area contributed by atoms with E-state index in [1.54, 1.807) is 33.5 Å². The van der Waals surface area contributed by atoms with E-state index >= 15 is 0 Å². The van der Waals surface area contributed by atoms with Gasteiger partial charge in [0.1, 0.15) is 0 Å². The van der Waals surface area contributed by atoms with Gasteiger partial charge in [0, 0.05) is 0 Å². The van der Waals surface area contributed by atoms with Crippen molar-refractivity contribution >= 4 is 41.8 Å². The molecule has 0 saturated heterocycles. The lowest BCUT2D eigenvalue weighted by Crippen LogP contribution is -1.93. The van der Waals surface area contributed by atoms with E-state index in [4.69, 9.17) is 14.2 Å². The average molecular weight is 351 g/mol. The first-order chi connectivity index (χ1) is 7.24. The molecule has 15 heavy (non-hydrogen) atoms. The van der Waals surface area contributed by atoms with Crippen LogP contribution < -0.4 is 14.2 Å². The second-order valence-electron chi connectivity index (χ2n) is 2.23. The first-order valence-electron chi connectivity index (χ1n) is 4.03. The third-order valence-corrected chi connectivity index (χ3v) is 1.52. The molecule has 0 amide bonds. The van der Waals surface area contributed by atoms with Crippen molar-refractivity contribution in [1.82, 2.24) is 0 Å². The van der Waals surface area contributed by atoms with Crippen molar-refractivity contribution in [2.45, 2.75) is 0 Å². The molecule has 0 bridgehead atoms. The number of halogens is 2. The fraction of sp³-hybridized carbons (Fsp3) is 0.333. The van der Waals surface area contributed by atoms with E-state index in [1.807, 2.05) is 0 Å². The Bertz CT molecular complexity index is 262. The zero-order chi connectivity index (χ0) is 11.7. The highest BCUT2D eigenvalue weighted by Gasteiger charge is 2.08. The number of hydrogen-bond donors (Lipinski definition) is 0. The Labute approximate surface area is 112 Å². The van der Waals surface area contributed by atoms with Crippen LogP contribution >= 0.6 is 25.8 Å². The van der Waals surface area contributed by atoms with Crippen molar-refractivity contribution in [2.24, 2.45) is 0 Å². The van der Waals surface area contributed by atoms with Gasteiger partial charge in [0.2, 0.25) is 5.75 Å². The van der Waals surface area contributed by atoms with Gasteiger partial charge in [0.25, 0.3) is 0 Å². The van der Waals surface area contributed by atoms with E-state index < -0.39 is 0 Å². The van der Waals surface area contributed by atoms with Crippen LogP contribution in [0.15, 0.2) is 12.1 Å². The Hall–Kier alpha value is 0.346. The van der Waals surface area contributed by atoms with Gasteiger partial charge in [-0.05, 0) is 18.2 Å². The van der Waals surface area contributed by atoms with Crippen molar-refractivity contribution in [3.63, 3.8) is 0 Å². The quantitative estimate of drug-likeness (QED) is 0.784.